The monoisotopic (exact) mass is 269 g/mol. The molecular formula is C15H31N3O. The lowest BCUT2D eigenvalue weighted by Gasteiger charge is -2.48. The van der Waals surface area contributed by atoms with Crippen LogP contribution in [-0.4, -0.2) is 68.8 Å². The van der Waals surface area contributed by atoms with Crippen LogP contribution in [0.1, 0.15) is 32.1 Å². The molecule has 0 aromatic heterocycles. The van der Waals surface area contributed by atoms with E-state index in [9.17, 15) is 0 Å². The number of likely N-dealkylation sites (tertiary alicyclic amines) is 2. The van der Waals surface area contributed by atoms with Gasteiger partial charge < -0.3 is 15.4 Å². The van der Waals surface area contributed by atoms with E-state index in [0.717, 1.165) is 31.5 Å². The third-order valence-corrected chi connectivity index (χ3v) is 4.99. The van der Waals surface area contributed by atoms with Crippen LogP contribution in [0, 0.1) is 5.92 Å². The molecule has 2 saturated heterocycles. The standard InChI is InChI=1S/C15H31N3O/c1-17-9-4-5-13-11-18(10-7-15(13)17)14(12-19-2)6-3-8-16/h13-15H,3-12,16H2,1-2H3. The number of hydrogen-bond donors (Lipinski definition) is 1. The van der Waals surface area contributed by atoms with Gasteiger partial charge in [0.05, 0.1) is 6.61 Å². The lowest BCUT2D eigenvalue weighted by Crippen LogP contribution is -2.55. The smallest absolute Gasteiger partial charge is 0.0618 e. The molecule has 0 aromatic carbocycles. The maximum Gasteiger partial charge on any atom is 0.0618 e. The fourth-order valence-corrected chi connectivity index (χ4v) is 3.93. The summed E-state index contributed by atoms with van der Waals surface area (Å²) in [5, 5.41) is 0. The van der Waals surface area contributed by atoms with Crippen LogP contribution >= 0.6 is 0 Å². The highest BCUT2D eigenvalue weighted by Crippen LogP contribution is 2.30. The highest BCUT2D eigenvalue weighted by atomic mass is 16.5. The van der Waals surface area contributed by atoms with Crippen LogP contribution in [0.5, 0.6) is 0 Å². The van der Waals surface area contributed by atoms with E-state index in [2.05, 4.69) is 16.8 Å². The van der Waals surface area contributed by atoms with Crippen molar-refractivity contribution in [1.82, 2.24) is 9.80 Å². The number of hydrogen-bond acceptors (Lipinski definition) is 4. The van der Waals surface area contributed by atoms with Gasteiger partial charge in [-0.05, 0) is 58.2 Å². The third-order valence-electron chi connectivity index (χ3n) is 4.99. The molecule has 3 atom stereocenters. The second-order valence-electron chi connectivity index (χ2n) is 6.27. The van der Waals surface area contributed by atoms with Crippen molar-refractivity contribution in [3.05, 3.63) is 0 Å². The van der Waals surface area contributed by atoms with Crippen molar-refractivity contribution in [3.8, 4) is 0 Å². The maximum atomic E-state index is 5.66. The predicted molar refractivity (Wildman–Crippen MR) is 79.3 cm³/mol. The Labute approximate surface area is 118 Å². The van der Waals surface area contributed by atoms with E-state index in [1.54, 1.807) is 0 Å². The SMILES string of the molecule is COCC(CCCN)N1CCC2C(CCCN2C)C1. The van der Waals surface area contributed by atoms with Gasteiger partial charge >= 0.3 is 0 Å². The van der Waals surface area contributed by atoms with Gasteiger partial charge in [-0.15, -0.1) is 0 Å². The molecular weight excluding hydrogens is 238 g/mol. The van der Waals surface area contributed by atoms with Gasteiger partial charge in [-0.2, -0.15) is 0 Å². The van der Waals surface area contributed by atoms with Crippen LogP contribution in [0.2, 0.25) is 0 Å². The van der Waals surface area contributed by atoms with E-state index in [4.69, 9.17) is 10.5 Å². The summed E-state index contributed by atoms with van der Waals surface area (Å²) in [6.45, 7) is 5.42. The van der Waals surface area contributed by atoms with Crippen molar-refractivity contribution in [2.24, 2.45) is 11.7 Å². The predicted octanol–water partition coefficient (Wildman–Crippen LogP) is 1.16. The molecule has 2 fully saturated rings. The normalized spacial score (nSPS) is 31.1. The van der Waals surface area contributed by atoms with Gasteiger partial charge in [0, 0.05) is 32.3 Å². The highest BCUT2D eigenvalue weighted by Gasteiger charge is 2.36. The first-order valence-corrected chi connectivity index (χ1v) is 7.89. The van der Waals surface area contributed by atoms with E-state index < -0.39 is 0 Å². The molecule has 2 heterocycles. The molecule has 2 aliphatic heterocycles. The maximum absolute atomic E-state index is 5.66. The van der Waals surface area contributed by atoms with Gasteiger partial charge in [0.25, 0.3) is 0 Å². The molecule has 19 heavy (non-hydrogen) atoms. The molecule has 2 rings (SSSR count). The molecule has 0 spiro atoms. The topological polar surface area (TPSA) is 41.7 Å². The Hall–Kier alpha value is -0.160. The number of fused-ring (bicyclic) bond motifs is 1. The summed E-state index contributed by atoms with van der Waals surface area (Å²) in [5.41, 5.74) is 5.66. The molecule has 0 saturated carbocycles. The van der Waals surface area contributed by atoms with Crippen LogP contribution in [0.15, 0.2) is 0 Å². The molecule has 0 bridgehead atoms. The fraction of sp³-hybridized carbons (Fsp3) is 1.00. The van der Waals surface area contributed by atoms with Crippen LogP contribution in [0.25, 0.3) is 0 Å². The average molecular weight is 269 g/mol. The molecule has 0 aromatic rings. The minimum atomic E-state index is 0.571. The average Bonchev–Trinajstić information content (AvgIpc) is 2.43. The molecule has 0 aliphatic carbocycles. The van der Waals surface area contributed by atoms with E-state index in [-0.39, 0.29) is 0 Å². The second-order valence-corrected chi connectivity index (χ2v) is 6.27. The van der Waals surface area contributed by atoms with E-state index in [1.807, 2.05) is 7.11 Å². The zero-order valence-corrected chi connectivity index (χ0v) is 12.7. The molecule has 2 N–H and O–H groups in total. The van der Waals surface area contributed by atoms with Crippen LogP contribution in [-0.2, 0) is 4.74 Å². The summed E-state index contributed by atoms with van der Waals surface area (Å²) >= 11 is 0. The Morgan fingerprint density at radius 1 is 1.32 bits per heavy atom. The Morgan fingerprint density at radius 3 is 2.89 bits per heavy atom. The molecule has 0 radical (unpaired) electrons. The quantitative estimate of drug-likeness (QED) is 0.785. The number of nitrogens with zero attached hydrogens (tertiary/aromatic N) is 2. The Morgan fingerprint density at radius 2 is 2.16 bits per heavy atom. The number of nitrogens with two attached hydrogens (primary N) is 1. The number of rotatable bonds is 6. The summed E-state index contributed by atoms with van der Waals surface area (Å²) in [5.74, 6) is 0.865. The molecule has 0 amide bonds. The van der Waals surface area contributed by atoms with Crippen molar-refractivity contribution in [3.63, 3.8) is 0 Å². The summed E-state index contributed by atoms with van der Waals surface area (Å²) in [6.07, 6.45) is 6.38. The summed E-state index contributed by atoms with van der Waals surface area (Å²) in [6, 6.07) is 1.39. The molecule has 4 nitrogen and oxygen atoms in total. The van der Waals surface area contributed by atoms with Gasteiger partial charge in [0.2, 0.25) is 0 Å². The Bertz CT molecular complexity index is 262. The zero-order valence-electron chi connectivity index (χ0n) is 12.7. The van der Waals surface area contributed by atoms with Gasteiger partial charge in [0.1, 0.15) is 0 Å². The number of ether oxygens (including phenoxy) is 1. The fourth-order valence-electron chi connectivity index (χ4n) is 3.93. The first-order chi connectivity index (χ1) is 9.26. The van der Waals surface area contributed by atoms with E-state index >= 15 is 0 Å². The first-order valence-electron chi connectivity index (χ1n) is 7.89. The van der Waals surface area contributed by atoms with Crippen molar-refractivity contribution in [2.45, 2.75) is 44.2 Å². The number of methoxy groups -OCH3 is 1. The van der Waals surface area contributed by atoms with Crippen LogP contribution in [0.4, 0.5) is 0 Å². The third kappa shape index (κ3) is 3.91. The van der Waals surface area contributed by atoms with Gasteiger partial charge in [-0.25, -0.2) is 0 Å². The summed E-state index contributed by atoms with van der Waals surface area (Å²) < 4.78 is 5.42. The number of piperidine rings is 2. The van der Waals surface area contributed by atoms with Crippen molar-refractivity contribution in [1.29, 1.82) is 0 Å². The molecule has 4 heteroatoms. The summed E-state index contributed by atoms with van der Waals surface area (Å²) in [4.78, 5) is 5.25. The Kier molecular flexibility index (Phi) is 6.07. The molecule has 112 valence electrons. The minimum Gasteiger partial charge on any atom is -0.383 e. The zero-order chi connectivity index (χ0) is 13.7. The lowest BCUT2D eigenvalue weighted by atomic mass is 9.83. The van der Waals surface area contributed by atoms with E-state index in [1.165, 1.54) is 45.3 Å². The minimum absolute atomic E-state index is 0.571. The van der Waals surface area contributed by atoms with Crippen LogP contribution < -0.4 is 5.73 Å². The van der Waals surface area contributed by atoms with Crippen molar-refractivity contribution < 1.29 is 4.74 Å². The van der Waals surface area contributed by atoms with E-state index in [0.29, 0.717) is 6.04 Å². The Balaban J connectivity index is 1.90. The van der Waals surface area contributed by atoms with Gasteiger partial charge in [-0.1, -0.05) is 0 Å². The van der Waals surface area contributed by atoms with Gasteiger partial charge in [-0.3, -0.25) is 4.90 Å². The second kappa shape index (κ2) is 7.58. The van der Waals surface area contributed by atoms with Crippen LogP contribution in [0.3, 0.4) is 0 Å². The molecule has 2 aliphatic rings. The van der Waals surface area contributed by atoms with Gasteiger partial charge in [0.15, 0.2) is 0 Å². The summed E-state index contributed by atoms with van der Waals surface area (Å²) in [7, 11) is 4.12. The highest BCUT2D eigenvalue weighted by molar-refractivity contribution is 4.91. The van der Waals surface area contributed by atoms with Crippen molar-refractivity contribution in [2.75, 3.05) is 46.9 Å². The molecule has 3 unspecified atom stereocenters. The largest absolute Gasteiger partial charge is 0.383 e. The first kappa shape index (κ1) is 15.2. The van der Waals surface area contributed by atoms with Crippen molar-refractivity contribution >= 4 is 0 Å². The lowest BCUT2D eigenvalue weighted by molar-refractivity contribution is -0.00122.